The first-order chi connectivity index (χ1) is 12.1. The van der Waals surface area contributed by atoms with Gasteiger partial charge in [-0.15, -0.1) is 5.10 Å². The number of aromatic amines is 1. The summed E-state index contributed by atoms with van der Waals surface area (Å²) in [7, 11) is 0. The van der Waals surface area contributed by atoms with Crippen molar-refractivity contribution >= 4 is 0 Å². The fraction of sp³-hybridized carbons (Fsp3) is 0.333. The van der Waals surface area contributed by atoms with E-state index in [4.69, 9.17) is 19.9 Å². The van der Waals surface area contributed by atoms with Crippen molar-refractivity contribution in [3.8, 4) is 23.4 Å². The first-order valence-corrected chi connectivity index (χ1v) is 8.12. The van der Waals surface area contributed by atoms with Crippen molar-refractivity contribution in [1.82, 2.24) is 10.2 Å². The van der Waals surface area contributed by atoms with E-state index in [0.717, 1.165) is 16.8 Å². The van der Waals surface area contributed by atoms with Gasteiger partial charge < -0.3 is 19.9 Å². The highest BCUT2D eigenvalue weighted by Crippen LogP contribution is 2.46. The fourth-order valence-corrected chi connectivity index (χ4v) is 3.00. The van der Waals surface area contributed by atoms with Crippen molar-refractivity contribution in [2.45, 2.75) is 26.7 Å². The predicted octanol–water partition coefficient (Wildman–Crippen LogP) is 2.73. The minimum atomic E-state index is -0.412. The van der Waals surface area contributed by atoms with Gasteiger partial charge in [0, 0.05) is 22.9 Å². The molecule has 0 saturated heterocycles. The molecule has 0 aliphatic carbocycles. The van der Waals surface area contributed by atoms with Crippen molar-refractivity contribution in [3.05, 3.63) is 46.5 Å². The number of nitriles is 1. The van der Waals surface area contributed by atoms with Crippen LogP contribution in [0.4, 0.5) is 0 Å². The second kappa shape index (κ2) is 6.77. The average molecular weight is 340 g/mol. The molecule has 1 aliphatic rings. The van der Waals surface area contributed by atoms with Gasteiger partial charge in [0.1, 0.15) is 23.1 Å². The maximum atomic E-state index is 9.64. The van der Waals surface area contributed by atoms with Crippen LogP contribution in [0.1, 0.15) is 36.6 Å². The van der Waals surface area contributed by atoms with Crippen LogP contribution in [0, 0.1) is 18.3 Å². The normalized spacial score (nSPS) is 16.0. The number of hydrogen-bond acceptors (Lipinski definition) is 6. The van der Waals surface area contributed by atoms with Gasteiger partial charge >= 0.3 is 0 Å². The number of fused-ring (bicyclic) bond motifs is 1. The number of hydrogen-bond donors (Lipinski definition) is 2. The highest BCUT2D eigenvalue weighted by molar-refractivity contribution is 5.59. The van der Waals surface area contributed by atoms with E-state index in [1.165, 1.54) is 0 Å². The molecular weight excluding hydrogens is 320 g/mol. The van der Waals surface area contributed by atoms with E-state index in [9.17, 15) is 5.26 Å². The summed E-state index contributed by atoms with van der Waals surface area (Å²) < 4.78 is 16.9. The minimum absolute atomic E-state index is 0.0582. The minimum Gasteiger partial charge on any atom is -0.494 e. The van der Waals surface area contributed by atoms with Crippen LogP contribution in [0.15, 0.2) is 29.7 Å². The molecule has 1 atom stereocenters. The number of benzene rings is 1. The van der Waals surface area contributed by atoms with Gasteiger partial charge in [-0.25, -0.2) is 0 Å². The van der Waals surface area contributed by atoms with Gasteiger partial charge in [0.25, 0.3) is 0 Å². The summed E-state index contributed by atoms with van der Waals surface area (Å²) in [6.45, 7) is 6.76. The second-order valence-corrected chi connectivity index (χ2v) is 5.56. The molecule has 130 valence electrons. The molecule has 0 unspecified atom stereocenters. The number of nitrogens with zero attached hydrogens (tertiary/aromatic N) is 2. The molecule has 1 aromatic heterocycles. The molecule has 1 aliphatic heterocycles. The Kier molecular flexibility index (Phi) is 4.52. The molecule has 3 rings (SSSR count). The summed E-state index contributed by atoms with van der Waals surface area (Å²) in [4.78, 5) is 0. The maximum absolute atomic E-state index is 9.64. The lowest BCUT2D eigenvalue weighted by molar-refractivity contribution is 0.319. The molecule has 25 heavy (non-hydrogen) atoms. The molecule has 0 bridgehead atoms. The number of rotatable bonds is 5. The van der Waals surface area contributed by atoms with Gasteiger partial charge in [-0.05, 0) is 26.8 Å². The van der Waals surface area contributed by atoms with Gasteiger partial charge in [0.15, 0.2) is 0 Å². The number of aryl methyl sites for hydroxylation is 1. The second-order valence-electron chi connectivity index (χ2n) is 5.56. The smallest absolute Gasteiger partial charge is 0.244 e. The summed E-state index contributed by atoms with van der Waals surface area (Å²) in [6, 6.07) is 7.76. The molecule has 0 spiro atoms. The molecule has 3 N–H and O–H groups in total. The monoisotopic (exact) mass is 340 g/mol. The highest BCUT2D eigenvalue weighted by Gasteiger charge is 2.35. The van der Waals surface area contributed by atoms with Crippen molar-refractivity contribution in [2.24, 2.45) is 5.73 Å². The largest absolute Gasteiger partial charge is 0.494 e. The van der Waals surface area contributed by atoms with E-state index < -0.39 is 5.92 Å². The third-order valence-corrected chi connectivity index (χ3v) is 4.04. The Morgan fingerprint density at radius 2 is 2.08 bits per heavy atom. The lowest BCUT2D eigenvalue weighted by Gasteiger charge is -2.25. The zero-order valence-electron chi connectivity index (χ0n) is 14.4. The van der Waals surface area contributed by atoms with Gasteiger partial charge in [-0.1, -0.05) is 6.07 Å². The third-order valence-electron chi connectivity index (χ3n) is 4.04. The summed E-state index contributed by atoms with van der Waals surface area (Å²) in [5, 5.41) is 16.7. The molecule has 0 amide bonds. The lowest BCUT2D eigenvalue weighted by atomic mass is 9.83. The van der Waals surface area contributed by atoms with E-state index in [1.807, 2.05) is 39.0 Å². The molecule has 0 saturated carbocycles. The SMILES string of the molecule is CCOc1ccc([C@@H]2C(C#N)=C(N)Oc3n[nH]c(C)c32)c(OCC)c1. The van der Waals surface area contributed by atoms with E-state index in [0.29, 0.717) is 36.2 Å². The Labute approximate surface area is 146 Å². The summed E-state index contributed by atoms with van der Waals surface area (Å²) in [6.07, 6.45) is 0. The first-order valence-electron chi connectivity index (χ1n) is 8.12. The number of nitrogens with one attached hydrogen (secondary N) is 1. The lowest BCUT2D eigenvalue weighted by Crippen LogP contribution is -2.21. The molecule has 7 nitrogen and oxygen atoms in total. The van der Waals surface area contributed by atoms with Crippen LogP contribution < -0.4 is 19.9 Å². The van der Waals surface area contributed by atoms with Crippen LogP contribution in [0.25, 0.3) is 0 Å². The van der Waals surface area contributed by atoms with Gasteiger partial charge in [-0.3, -0.25) is 5.10 Å². The zero-order chi connectivity index (χ0) is 18.0. The molecular formula is C18H20N4O3. The molecule has 2 aromatic rings. The average Bonchev–Trinajstić information content (AvgIpc) is 2.95. The van der Waals surface area contributed by atoms with E-state index in [2.05, 4.69) is 16.3 Å². The van der Waals surface area contributed by atoms with Crippen molar-refractivity contribution in [2.75, 3.05) is 13.2 Å². The van der Waals surface area contributed by atoms with E-state index >= 15 is 0 Å². The topological polar surface area (TPSA) is 106 Å². The van der Waals surface area contributed by atoms with Crippen LogP contribution in [-0.2, 0) is 0 Å². The summed E-state index contributed by atoms with van der Waals surface area (Å²) >= 11 is 0. The Morgan fingerprint density at radius 1 is 1.32 bits per heavy atom. The quantitative estimate of drug-likeness (QED) is 0.867. The molecule has 7 heteroatoms. The maximum Gasteiger partial charge on any atom is 0.244 e. The van der Waals surface area contributed by atoms with Gasteiger partial charge in [0.05, 0.1) is 19.1 Å². The molecule has 0 radical (unpaired) electrons. The Bertz CT molecular complexity index is 864. The summed E-state index contributed by atoms with van der Waals surface area (Å²) in [5.74, 6) is 1.39. The van der Waals surface area contributed by atoms with Crippen LogP contribution >= 0.6 is 0 Å². The van der Waals surface area contributed by atoms with Crippen molar-refractivity contribution < 1.29 is 14.2 Å². The number of H-pyrrole nitrogens is 1. The van der Waals surface area contributed by atoms with Crippen molar-refractivity contribution in [1.29, 1.82) is 5.26 Å². The first kappa shape index (κ1) is 16.7. The third kappa shape index (κ3) is 2.87. The summed E-state index contributed by atoms with van der Waals surface area (Å²) in [5.41, 5.74) is 8.72. The number of ether oxygens (including phenoxy) is 3. The van der Waals surface area contributed by atoms with E-state index in [1.54, 1.807) is 0 Å². The zero-order valence-corrected chi connectivity index (χ0v) is 14.4. The Balaban J connectivity index is 2.19. The highest BCUT2D eigenvalue weighted by atomic mass is 16.5. The van der Waals surface area contributed by atoms with Crippen molar-refractivity contribution in [3.63, 3.8) is 0 Å². The van der Waals surface area contributed by atoms with Crippen LogP contribution in [0.2, 0.25) is 0 Å². The van der Waals surface area contributed by atoms with Crippen LogP contribution in [-0.4, -0.2) is 23.4 Å². The predicted molar refractivity (Wildman–Crippen MR) is 91.4 cm³/mol. The van der Waals surface area contributed by atoms with Crippen LogP contribution in [0.5, 0.6) is 17.4 Å². The molecule has 2 heterocycles. The Morgan fingerprint density at radius 3 is 2.76 bits per heavy atom. The fourth-order valence-electron chi connectivity index (χ4n) is 3.00. The number of allylic oxidation sites excluding steroid dienone is 1. The van der Waals surface area contributed by atoms with Gasteiger partial charge in [0.2, 0.25) is 11.8 Å². The standard InChI is InChI=1S/C18H20N4O3/c1-4-23-11-6-7-12(14(8-11)24-5-2)16-13(9-19)17(20)25-18-15(16)10(3)21-22-18/h6-8,16H,4-5,20H2,1-3H3,(H,21,22)/t16-/m1/s1. The van der Waals surface area contributed by atoms with Gasteiger partial charge in [-0.2, -0.15) is 5.26 Å². The molecule has 1 aromatic carbocycles. The molecule has 0 fully saturated rings. The van der Waals surface area contributed by atoms with E-state index in [-0.39, 0.29) is 5.88 Å². The Hall–Kier alpha value is -3.14. The number of nitrogens with two attached hydrogens (primary N) is 1. The van der Waals surface area contributed by atoms with Crippen LogP contribution in [0.3, 0.4) is 0 Å². The number of aromatic nitrogens is 2.